The number of nitrogens with one attached hydrogen (secondary N) is 3. The number of hydrogen-bond acceptors (Lipinski definition) is 14. The van der Waals surface area contributed by atoms with Gasteiger partial charge in [-0.25, -0.2) is 18.6 Å². The Bertz CT molecular complexity index is 3240. The highest BCUT2D eigenvalue weighted by Crippen LogP contribution is 2.44. The normalized spacial score (nSPS) is 16.4. The van der Waals surface area contributed by atoms with E-state index in [2.05, 4.69) is 66.7 Å². The third-order valence-electron chi connectivity index (χ3n) is 13.3. The molecule has 7 heterocycles. The lowest BCUT2D eigenvalue weighted by Gasteiger charge is -2.40. The Morgan fingerprint density at radius 3 is 2.37 bits per heavy atom. The van der Waals surface area contributed by atoms with Gasteiger partial charge < -0.3 is 29.7 Å². The van der Waals surface area contributed by atoms with Crippen molar-refractivity contribution in [3.05, 3.63) is 83.4 Å². The van der Waals surface area contributed by atoms with E-state index in [1.165, 1.54) is 23.2 Å². The maximum atomic E-state index is 15.8. The second-order valence-electron chi connectivity index (χ2n) is 18.4. The number of nitrogens with zero attached hydrogens (tertiary/aromatic N) is 11. The average molecular weight is 1040 g/mol. The highest BCUT2D eigenvalue weighted by atomic mass is 79.9. The highest BCUT2D eigenvalue weighted by Gasteiger charge is 2.31. The Morgan fingerprint density at radius 1 is 0.886 bits per heavy atom. The summed E-state index contributed by atoms with van der Waals surface area (Å²) in [5.41, 5.74) is 5.20. The number of pyridine rings is 1. The predicted molar refractivity (Wildman–Crippen MR) is 272 cm³/mol. The summed E-state index contributed by atoms with van der Waals surface area (Å²) >= 11 is 3.54. The van der Waals surface area contributed by atoms with Crippen LogP contribution in [-0.4, -0.2) is 124 Å². The second kappa shape index (κ2) is 18.9. The number of piperazine rings is 1. The summed E-state index contributed by atoms with van der Waals surface area (Å²) < 4.78 is 54.8. The Morgan fingerprint density at radius 2 is 1.66 bits per heavy atom. The van der Waals surface area contributed by atoms with Gasteiger partial charge in [0.05, 0.1) is 40.4 Å². The SMILES string of the molecule is COc1cc(N2CCC(CN3CCN(c4cc5c(cc4F)c(N4CCC(=O)NC4=O)nn5C)CC3)CC2)c(-c2cnn(C)c2)cc1Nc1ncc(Br)c(Nc2cc(F)c3ncccc3c2P(C)(C)=O)n1. The third kappa shape index (κ3) is 9.24. The minimum Gasteiger partial charge on any atom is -0.494 e. The van der Waals surface area contributed by atoms with Gasteiger partial charge in [0, 0.05) is 136 Å². The molecular weight excluding hydrogens is 985 g/mol. The van der Waals surface area contributed by atoms with E-state index in [4.69, 9.17) is 9.72 Å². The van der Waals surface area contributed by atoms with Crippen LogP contribution in [0.3, 0.4) is 0 Å². The number of benzene rings is 3. The van der Waals surface area contributed by atoms with E-state index in [0.717, 1.165) is 62.4 Å². The molecule has 3 aliphatic heterocycles. The maximum absolute atomic E-state index is 15.8. The zero-order valence-electron chi connectivity index (χ0n) is 39.3. The maximum Gasteiger partial charge on any atom is 0.329 e. The number of anilines is 7. The number of ether oxygens (including phenoxy) is 1. The third-order valence-corrected chi connectivity index (χ3v) is 15.5. The van der Waals surface area contributed by atoms with Crippen LogP contribution < -0.4 is 40.7 Å². The molecule has 0 bridgehead atoms. The van der Waals surface area contributed by atoms with Crippen molar-refractivity contribution in [1.29, 1.82) is 0 Å². The molecule has 22 heteroatoms. The van der Waals surface area contributed by atoms with Gasteiger partial charge in [-0.05, 0) is 72.3 Å². The molecule has 364 valence electrons. The molecule has 70 heavy (non-hydrogen) atoms. The highest BCUT2D eigenvalue weighted by molar-refractivity contribution is 9.10. The number of rotatable bonds is 12. The molecule has 3 amide bonds. The lowest BCUT2D eigenvalue weighted by molar-refractivity contribution is -0.120. The van der Waals surface area contributed by atoms with Crippen molar-refractivity contribution in [3.63, 3.8) is 0 Å². The topological polar surface area (TPSA) is 184 Å². The van der Waals surface area contributed by atoms with Crippen LogP contribution in [0.5, 0.6) is 5.75 Å². The summed E-state index contributed by atoms with van der Waals surface area (Å²) in [4.78, 5) is 46.2. The van der Waals surface area contributed by atoms with E-state index >= 15 is 8.78 Å². The number of carbonyl (C=O) groups is 2. The first-order chi connectivity index (χ1) is 33.6. The Balaban J connectivity index is 0.819. The predicted octanol–water partition coefficient (Wildman–Crippen LogP) is 7.58. The van der Waals surface area contributed by atoms with Crippen LogP contribution in [0.4, 0.5) is 53.9 Å². The number of methoxy groups -OCH3 is 1. The number of aromatic nitrogens is 7. The largest absolute Gasteiger partial charge is 0.494 e. The van der Waals surface area contributed by atoms with Crippen molar-refractivity contribution >= 4 is 102 Å². The molecule has 0 spiro atoms. The van der Waals surface area contributed by atoms with Crippen LogP contribution in [0.1, 0.15) is 19.3 Å². The number of carbonyl (C=O) groups excluding carboxylic acids is 2. The van der Waals surface area contributed by atoms with Gasteiger partial charge in [-0.3, -0.25) is 34.3 Å². The number of piperidine rings is 1. The van der Waals surface area contributed by atoms with Crippen LogP contribution in [0.2, 0.25) is 0 Å². The van der Waals surface area contributed by atoms with Gasteiger partial charge in [0.1, 0.15) is 30.0 Å². The zero-order chi connectivity index (χ0) is 49.0. The van der Waals surface area contributed by atoms with Crippen LogP contribution >= 0.6 is 23.1 Å². The molecule has 3 fully saturated rings. The van der Waals surface area contributed by atoms with Crippen LogP contribution in [0.15, 0.2) is 71.7 Å². The second-order valence-corrected chi connectivity index (χ2v) is 22.4. The molecule has 0 radical (unpaired) electrons. The summed E-state index contributed by atoms with van der Waals surface area (Å²) in [6, 6.07) is 11.5. The van der Waals surface area contributed by atoms with Crippen molar-refractivity contribution < 1.29 is 27.7 Å². The Kier molecular flexibility index (Phi) is 12.7. The number of urea groups is 1. The number of halogens is 3. The molecule has 10 rings (SSSR count). The Hall–Kier alpha value is -6.70. The summed E-state index contributed by atoms with van der Waals surface area (Å²) in [7, 11) is 2.34. The summed E-state index contributed by atoms with van der Waals surface area (Å²) in [5, 5.41) is 19.4. The summed E-state index contributed by atoms with van der Waals surface area (Å²) in [5.74, 6) is 0.714. The quantitative estimate of drug-likeness (QED) is 0.102. The fraction of sp³-hybridized carbons (Fsp3) is 0.354. The van der Waals surface area contributed by atoms with E-state index in [9.17, 15) is 14.2 Å². The van der Waals surface area contributed by atoms with Crippen molar-refractivity contribution in [2.45, 2.75) is 19.3 Å². The minimum atomic E-state index is -2.94. The molecule has 3 aliphatic rings. The molecule has 0 atom stereocenters. The van der Waals surface area contributed by atoms with Gasteiger partial charge in [0.25, 0.3) is 0 Å². The van der Waals surface area contributed by atoms with Crippen molar-refractivity contribution in [1.82, 2.24) is 44.7 Å². The van der Waals surface area contributed by atoms with Crippen molar-refractivity contribution in [2.75, 3.05) is 98.1 Å². The average Bonchev–Trinajstić information content (AvgIpc) is 3.91. The molecule has 0 saturated carbocycles. The molecule has 18 nitrogen and oxygen atoms in total. The van der Waals surface area contributed by atoms with E-state index in [0.29, 0.717) is 79.5 Å². The van der Waals surface area contributed by atoms with Crippen molar-refractivity contribution in [2.24, 2.45) is 20.0 Å². The number of fused-ring (bicyclic) bond motifs is 2. The molecule has 7 aromatic rings. The molecule has 3 aromatic carbocycles. The molecule has 4 aromatic heterocycles. The first kappa shape index (κ1) is 47.0. The molecule has 0 unspecified atom stereocenters. The summed E-state index contributed by atoms with van der Waals surface area (Å²) in [6.45, 7) is 9.03. The first-order valence-corrected chi connectivity index (χ1v) is 26.4. The summed E-state index contributed by atoms with van der Waals surface area (Å²) in [6.07, 6.45) is 9.04. The van der Waals surface area contributed by atoms with E-state index in [1.54, 1.807) is 55.2 Å². The fourth-order valence-corrected chi connectivity index (χ4v) is 11.6. The van der Waals surface area contributed by atoms with Gasteiger partial charge in [0.15, 0.2) is 11.6 Å². The monoisotopic (exact) mass is 1040 g/mol. The van der Waals surface area contributed by atoms with Crippen LogP contribution in [0.25, 0.3) is 32.9 Å². The smallest absolute Gasteiger partial charge is 0.329 e. The number of aryl methyl sites for hydroxylation is 2. The fourth-order valence-electron chi connectivity index (χ4n) is 9.87. The number of hydrogen-bond donors (Lipinski definition) is 3. The zero-order valence-corrected chi connectivity index (χ0v) is 41.8. The minimum absolute atomic E-state index is 0.147. The Labute approximate surface area is 410 Å². The van der Waals surface area contributed by atoms with Gasteiger partial charge >= 0.3 is 6.03 Å². The van der Waals surface area contributed by atoms with E-state index in [1.807, 2.05) is 37.6 Å². The molecule has 3 N–H and O–H groups in total. The van der Waals surface area contributed by atoms with E-state index in [-0.39, 0.29) is 36.2 Å². The van der Waals surface area contributed by atoms with Crippen LogP contribution in [0, 0.1) is 17.6 Å². The number of amides is 3. The molecular formula is C48H52BrF2N14O4P. The molecule has 3 saturated heterocycles. The lowest BCUT2D eigenvalue weighted by Crippen LogP contribution is -2.49. The van der Waals surface area contributed by atoms with E-state index < -0.39 is 19.0 Å². The van der Waals surface area contributed by atoms with Gasteiger partial charge in [-0.2, -0.15) is 15.2 Å². The van der Waals surface area contributed by atoms with Gasteiger partial charge in [-0.15, -0.1) is 0 Å². The molecule has 0 aliphatic carbocycles. The van der Waals surface area contributed by atoms with Gasteiger partial charge in [-0.1, -0.05) is 6.07 Å². The van der Waals surface area contributed by atoms with Gasteiger partial charge in [0.2, 0.25) is 11.9 Å². The van der Waals surface area contributed by atoms with Crippen molar-refractivity contribution in [3.8, 4) is 16.9 Å². The number of imide groups is 1. The lowest BCUT2D eigenvalue weighted by atomic mass is 9.94. The standard InChI is InChI=1S/C48H52BrF2N14O4P/c1-60-27-29(24-54-60)31-20-36(56-47-53-25-33(49)45(58-47)55-37-21-35(51)43-30(7-6-11-52-43)44(37)70(4,5)68)41(69-3)23-39(31)63-12-8-28(9-13-63)26-62-15-17-64(18-16-62)40-22-38-32(19-34(40)50)46(59-61(38)2)65-14-10-42(66)57-48(65)67/h6-7,11,19-25,27-28H,8-10,12-18,26H2,1-5H3,(H,57,66,67)(H2,53,55,56,58). The van der Waals surface area contributed by atoms with Crippen LogP contribution in [-0.2, 0) is 23.5 Å². The first-order valence-electron chi connectivity index (χ1n) is 23.0.